The van der Waals surface area contributed by atoms with Crippen molar-refractivity contribution in [2.24, 2.45) is 11.8 Å². The molecule has 2 saturated heterocycles. The van der Waals surface area contributed by atoms with Crippen molar-refractivity contribution in [2.75, 3.05) is 36.8 Å². The topological polar surface area (TPSA) is 208 Å². The number of tetrazole rings is 2. The van der Waals surface area contributed by atoms with Crippen molar-refractivity contribution < 1.29 is 19.2 Å². The lowest BCUT2D eigenvalue weighted by Gasteiger charge is -2.16. The predicted molar refractivity (Wildman–Crippen MR) is 154 cm³/mol. The van der Waals surface area contributed by atoms with Gasteiger partial charge in [-0.3, -0.25) is 19.2 Å². The molecule has 0 saturated carbocycles. The first-order valence-corrected chi connectivity index (χ1v) is 14.2. The Morgan fingerprint density at radius 3 is 1.43 bits per heavy atom. The predicted octanol–water partition coefficient (Wildman–Crippen LogP) is 0.439. The maximum Gasteiger partial charge on any atom is 0.230 e. The summed E-state index contributed by atoms with van der Waals surface area (Å²) in [6.45, 7) is 1.71. The molecule has 2 aliphatic heterocycles. The van der Waals surface area contributed by atoms with Crippen LogP contribution in [0.2, 0.25) is 0 Å². The zero-order valence-corrected chi connectivity index (χ0v) is 23.6. The van der Waals surface area contributed by atoms with Crippen LogP contribution in [0.25, 0.3) is 11.1 Å². The lowest BCUT2D eigenvalue weighted by Crippen LogP contribution is -2.32. The maximum absolute atomic E-state index is 12.8. The Hall–Kier alpha value is -5.54. The fraction of sp³-hybridized carbons (Fsp3) is 0.357. The zero-order chi connectivity index (χ0) is 30.5. The van der Waals surface area contributed by atoms with E-state index in [9.17, 15) is 19.2 Å². The molecule has 4 aromatic rings. The monoisotopic (exact) mass is 598 g/mol. The highest BCUT2D eigenvalue weighted by molar-refractivity contribution is 5.95. The number of H-pyrrole nitrogens is 2. The van der Waals surface area contributed by atoms with E-state index in [-0.39, 0.29) is 48.3 Å². The highest BCUT2D eigenvalue weighted by Gasteiger charge is 2.32. The number of aromatic nitrogens is 8. The van der Waals surface area contributed by atoms with E-state index in [1.54, 1.807) is 9.80 Å². The van der Waals surface area contributed by atoms with Crippen molar-refractivity contribution >= 4 is 35.0 Å². The molecule has 6 rings (SSSR count). The van der Waals surface area contributed by atoms with E-state index in [0.717, 1.165) is 11.1 Å². The molecule has 2 aromatic heterocycles. The molecule has 4 N–H and O–H groups in total. The van der Waals surface area contributed by atoms with E-state index in [0.29, 0.717) is 62.0 Å². The van der Waals surface area contributed by atoms with E-state index >= 15 is 0 Å². The van der Waals surface area contributed by atoms with Crippen molar-refractivity contribution in [3.05, 3.63) is 60.2 Å². The van der Waals surface area contributed by atoms with Gasteiger partial charge in [-0.1, -0.05) is 34.7 Å². The quantitative estimate of drug-likeness (QED) is 0.209. The average Bonchev–Trinajstić information content (AvgIpc) is 3.86. The number of benzene rings is 2. The van der Waals surface area contributed by atoms with Gasteiger partial charge >= 0.3 is 0 Å². The van der Waals surface area contributed by atoms with E-state index in [2.05, 4.69) is 51.9 Å². The number of anilines is 2. The Balaban J connectivity index is 0.963. The summed E-state index contributed by atoms with van der Waals surface area (Å²) in [5, 5.41) is 32.7. The molecule has 2 atom stereocenters. The summed E-state index contributed by atoms with van der Waals surface area (Å²) in [6, 6.07) is 15.0. The smallest absolute Gasteiger partial charge is 0.230 e. The van der Waals surface area contributed by atoms with Gasteiger partial charge < -0.3 is 20.4 Å². The molecule has 0 spiro atoms. The second-order valence-corrected chi connectivity index (χ2v) is 10.8. The fourth-order valence-corrected chi connectivity index (χ4v) is 5.39. The van der Waals surface area contributed by atoms with Gasteiger partial charge in [-0.15, -0.1) is 20.4 Å². The third-order valence-corrected chi connectivity index (χ3v) is 7.86. The molecule has 4 amide bonds. The van der Waals surface area contributed by atoms with Gasteiger partial charge in [0.05, 0.1) is 24.7 Å². The largest absolute Gasteiger partial charge is 0.341 e. The molecule has 0 unspecified atom stereocenters. The number of nitrogens with zero attached hydrogens (tertiary/aromatic N) is 8. The highest BCUT2D eigenvalue weighted by atomic mass is 16.2. The van der Waals surface area contributed by atoms with Gasteiger partial charge in [0.25, 0.3) is 0 Å². The first-order valence-electron chi connectivity index (χ1n) is 14.2. The molecule has 0 aliphatic carbocycles. The number of carbonyl (C=O) groups excluding carboxylic acids is 4. The molecule has 0 radical (unpaired) electrons. The molecule has 44 heavy (non-hydrogen) atoms. The van der Waals surface area contributed by atoms with Gasteiger partial charge in [0.15, 0.2) is 11.6 Å². The van der Waals surface area contributed by atoms with Crippen LogP contribution < -0.4 is 10.6 Å². The van der Waals surface area contributed by atoms with Crippen LogP contribution in [-0.4, -0.2) is 101 Å². The summed E-state index contributed by atoms with van der Waals surface area (Å²) >= 11 is 0. The Kier molecular flexibility index (Phi) is 8.29. The summed E-state index contributed by atoms with van der Waals surface area (Å²) in [5.41, 5.74) is 3.24. The van der Waals surface area contributed by atoms with Crippen LogP contribution >= 0.6 is 0 Å². The molecule has 2 fully saturated rings. The van der Waals surface area contributed by atoms with Crippen LogP contribution in [0.1, 0.15) is 24.5 Å². The first-order chi connectivity index (χ1) is 21.4. The summed E-state index contributed by atoms with van der Waals surface area (Å²) in [5.74, 6) is -0.465. The standard InChI is InChI=1S/C28H30N12O4/c41-25(13-23-31-35-36-32-23)39-11-9-19(15-39)27(43)29-21-5-1-17(2-6-21)18-3-7-22(8-4-18)30-28(44)20-10-12-40(16-20)26(42)14-24-33-37-38-34-24/h1-8,19-20H,9-16H2,(H,29,43)(H,30,44)(H,31,32,35,36)(H,33,34,37,38)/t19-,20-/m0/s1. The number of likely N-dealkylation sites (tertiary alicyclic amines) is 2. The van der Waals surface area contributed by atoms with Crippen LogP contribution in [0.5, 0.6) is 0 Å². The number of hydrogen-bond acceptors (Lipinski definition) is 10. The van der Waals surface area contributed by atoms with Crippen LogP contribution in [0.4, 0.5) is 11.4 Å². The van der Waals surface area contributed by atoms with Crippen LogP contribution in [0.15, 0.2) is 48.5 Å². The SMILES string of the molecule is O=C(Nc1ccc(-c2ccc(NC(=O)[C@H]3CCN(C(=O)Cc4nn[nH]n4)C3)cc2)cc1)[C@H]1CCN(C(=O)Cc2nn[nH]n2)C1. The summed E-state index contributed by atoms with van der Waals surface area (Å²) in [4.78, 5) is 53.9. The third kappa shape index (κ3) is 6.74. The third-order valence-electron chi connectivity index (χ3n) is 7.86. The molecule has 0 bridgehead atoms. The van der Waals surface area contributed by atoms with Gasteiger partial charge in [-0.25, -0.2) is 0 Å². The van der Waals surface area contributed by atoms with Crippen molar-refractivity contribution in [1.29, 1.82) is 0 Å². The number of amides is 4. The van der Waals surface area contributed by atoms with E-state index < -0.39 is 0 Å². The normalized spacial score (nSPS) is 17.9. The fourth-order valence-electron chi connectivity index (χ4n) is 5.39. The van der Waals surface area contributed by atoms with Crippen LogP contribution in [0.3, 0.4) is 0 Å². The average molecular weight is 599 g/mol. The van der Waals surface area contributed by atoms with E-state index in [1.165, 1.54) is 0 Å². The summed E-state index contributed by atoms with van der Waals surface area (Å²) < 4.78 is 0. The molecular formula is C28H30N12O4. The number of carbonyl (C=O) groups is 4. The number of hydrogen-bond donors (Lipinski definition) is 4. The van der Waals surface area contributed by atoms with E-state index in [4.69, 9.17) is 0 Å². The first kappa shape index (κ1) is 28.6. The van der Waals surface area contributed by atoms with Crippen molar-refractivity contribution in [3.63, 3.8) is 0 Å². The zero-order valence-electron chi connectivity index (χ0n) is 23.6. The molecule has 2 aliphatic rings. The van der Waals surface area contributed by atoms with Gasteiger partial charge in [-0.05, 0) is 48.2 Å². The molecular weight excluding hydrogens is 568 g/mol. The Morgan fingerprint density at radius 1 is 0.659 bits per heavy atom. The molecule has 16 nitrogen and oxygen atoms in total. The minimum absolute atomic E-state index is 0.0471. The Morgan fingerprint density at radius 2 is 1.07 bits per heavy atom. The second kappa shape index (κ2) is 12.8. The van der Waals surface area contributed by atoms with Gasteiger partial charge in [0.2, 0.25) is 23.6 Å². The number of nitrogens with one attached hydrogen (secondary N) is 4. The molecule has 226 valence electrons. The minimum Gasteiger partial charge on any atom is -0.341 e. The second-order valence-electron chi connectivity index (χ2n) is 10.8. The maximum atomic E-state index is 12.8. The van der Waals surface area contributed by atoms with Crippen molar-refractivity contribution in [3.8, 4) is 11.1 Å². The van der Waals surface area contributed by atoms with E-state index in [1.807, 2.05) is 48.5 Å². The number of rotatable bonds is 9. The number of aromatic amines is 2. The summed E-state index contributed by atoms with van der Waals surface area (Å²) in [6.07, 6.45) is 1.27. The lowest BCUT2D eigenvalue weighted by molar-refractivity contribution is -0.131. The Labute approximate surface area is 251 Å². The van der Waals surface area contributed by atoms with Crippen LogP contribution in [0, 0.1) is 11.8 Å². The lowest BCUT2D eigenvalue weighted by atomic mass is 10.0. The highest BCUT2D eigenvalue weighted by Crippen LogP contribution is 2.26. The van der Waals surface area contributed by atoms with Gasteiger partial charge in [0, 0.05) is 37.6 Å². The molecule has 2 aromatic carbocycles. The summed E-state index contributed by atoms with van der Waals surface area (Å²) in [7, 11) is 0. The molecule has 16 heteroatoms. The van der Waals surface area contributed by atoms with Gasteiger partial charge in [-0.2, -0.15) is 10.4 Å². The van der Waals surface area contributed by atoms with Crippen LogP contribution in [-0.2, 0) is 32.0 Å². The van der Waals surface area contributed by atoms with Crippen molar-refractivity contribution in [2.45, 2.75) is 25.7 Å². The van der Waals surface area contributed by atoms with Crippen molar-refractivity contribution in [1.82, 2.24) is 51.0 Å². The molecule has 4 heterocycles. The van der Waals surface area contributed by atoms with Gasteiger partial charge in [0.1, 0.15) is 0 Å². The Bertz CT molecular complexity index is 1490. The minimum atomic E-state index is -0.295.